The van der Waals surface area contributed by atoms with Crippen LogP contribution in [0.5, 0.6) is 0 Å². The Morgan fingerprint density at radius 3 is 2.70 bits per heavy atom. The minimum absolute atomic E-state index is 0.211. The second-order valence-corrected chi connectivity index (χ2v) is 5.24. The molecule has 1 N–H and O–H groups in total. The van der Waals surface area contributed by atoms with Crippen molar-refractivity contribution in [3.63, 3.8) is 0 Å². The second kappa shape index (κ2) is 4.04. The Labute approximate surface area is 115 Å². The number of carboxylic acids is 1. The van der Waals surface area contributed by atoms with Crippen molar-refractivity contribution in [3.8, 4) is 0 Å². The maximum atomic E-state index is 12.3. The number of rotatable bonds is 2. The van der Waals surface area contributed by atoms with Gasteiger partial charge in [-0.25, -0.2) is 9.78 Å². The van der Waals surface area contributed by atoms with Gasteiger partial charge in [0.05, 0.1) is 6.42 Å². The molecule has 3 aromatic heterocycles. The molecule has 9 heteroatoms. The molecular weight excluding hydrogens is 284 g/mol. The van der Waals surface area contributed by atoms with Crippen molar-refractivity contribution in [1.29, 1.82) is 0 Å². The predicted molar refractivity (Wildman–Crippen MR) is 72.4 cm³/mol. The lowest BCUT2D eigenvalue weighted by Gasteiger charge is -2.03. The van der Waals surface area contributed by atoms with Gasteiger partial charge in [-0.3, -0.25) is 23.1 Å². The average molecular weight is 294 g/mol. The van der Waals surface area contributed by atoms with Crippen molar-refractivity contribution < 1.29 is 9.90 Å². The van der Waals surface area contributed by atoms with Gasteiger partial charge in [0.1, 0.15) is 0 Å². The molecule has 0 aliphatic rings. The number of thiazole rings is 1. The molecule has 0 saturated carbocycles. The minimum Gasteiger partial charge on any atom is -0.481 e. The smallest absolute Gasteiger partial charge is 0.332 e. The van der Waals surface area contributed by atoms with Gasteiger partial charge >= 0.3 is 11.7 Å². The lowest BCUT2D eigenvalue weighted by Crippen LogP contribution is -2.37. The molecule has 0 amide bonds. The van der Waals surface area contributed by atoms with Crippen LogP contribution in [-0.2, 0) is 25.3 Å². The number of carbonyl (C=O) groups is 1. The number of nitrogens with zero attached hydrogens (tertiary/aromatic N) is 4. The molecule has 0 atom stereocenters. The third kappa shape index (κ3) is 1.53. The van der Waals surface area contributed by atoms with Crippen LogP contribution in [0.1, 0.15) is 5.69 Å². The van der Waals surface area contributed by atoms with Crippen LogP contribution in [0.25, 0.3) is 16.1 Å². The molecule has 3 rings (SSSR count). The molecule has 3 aromatic rings. The molecule has 104 valence electrons. The van der Waals surface area contributed by atoms with E-state index in [2.05, 4.69) is 4.98 Å². The van der Waals surface area contributed by atoms with Crippen LogP contribution in [-0.4, -0.2) is 29.6 Å². The van der Waals surface area contributed by atoms with E-state index in [0.29, 0.717) is 10.7 Å². The summed E-state index contributed by atoms with van der Waals surface area (Å²) in [7, 11) is 2.91. The molecule has 3 heterocycles. The van der Waals surface area contributed by atoms with E-state index in [4.69, 9.17) is 5.11 Å². The second-order valence-electron chi connectivity index (χ2n) is 4.41. The maximum Gasteiger partial charge on any atom is 0.332 e. The Morgan fingerprint density at radius 1 is 1.35 bits per heavy atom. The summed E-state index contributed by atoms with van der Waals surface area (Å²) < 4.78 is 3.77. The van der Waals surface area contributed by atoms with Crippen LogP contribution in [0.15, 0.2) is 15.0 Å². The molecule has 0 bridgehead atoms. The van der Waals surface area contributed by atoms with Crippen molar-refractivity contribution in [3.05, 3.63) is 31.9 Å². The molecule has 0 aliphatic heterocycles. The molecule has 8 nitrogen and oxygen atoms in total. The van der Waals surface area contributed by atoms with Gasteiger partial charge in [-0.2, -0.15) is 0 Å². The molecule has 0 unspecified atom stereocenters. The number of hydrogen-bond acceptors (Lipinski definition) is 5. The summed E-state index contributed by atoms with van der Waals surface area (Å²) in [6.45, 7) is 0. The number of aromatic nitrogens is 4. The van der Waals surface area contributed by atoms with E-state index in [-0.39, 0.29) is 17.6 Å². The number of hydrogen-bond donors (Lipinski definition) is 1. The highest BCUT2D eigenvalue weighted by Gasteiger charge is 2.19. The van der Waals surface area contributed by atoms with Gasteiger partial charge in [-0.05, 0) is 0 Å². The minimum atomic E-state index is -0.992. The lowest BCUT2D eigenvalue weighted by atomic mass is 10.3. The Kier molecular flexibility index (Phi) is 2.54. The van der Waals surface area contributed by atoms with E-state index in [1.807, 2.05) is 0 Å². The monoisotopic (exact) mass is 294 g/mol. The molecule has 0 fully saturated rings. The number of imidazole rings is 1. The number of aryl methyl sites for hydroxylation is 1. The SMILES string of the molecule is Cn1c(=O)c2c(nc3scc(CC(=O)O)n32)n(C)c1=O. The van der Waals surface area contributed by atoms with Gasteiger partial charge in [0.2, 0.25) is 0 Å². The summed E-state index contributed by atoms with van der Waals surface area (Å²) in [5.74, 6) is -0.992. The largest absolute Gasteiger partial charge is 0.481 e. The third-order valence-corrected chi connectivity index (χ3v) is 4.02. The summed E-state index contributed by atoms with van der Waals surface area (Å²) in [5.41, 5.74) is 0.00288. The number of aliphatic carboxylic acids is 1. The molecule has 0 saturated heterocycles. The topological polar surface area (TPSA) is 98.6 Å². The van der Waals surface area contributed by atoms with Crippen LogP contribution >= 0.6 is 11.3 Å². The number of fused-ring (bicyclic) bond motifs is 3. The number of carboxylic acid groups (broad SMARTS) is 1. The van der Waals surface area contributed by atoms with Crippen molar-refractivity contribution in [2.45, 2.75) is 6.42 Å². The zero-order valence-electron chi connectivity index (χ0n) is 10.7. The highest BCUT2D eigenvalue weighted by molar-refractivity contribution is 7.15. The normalized spacial score (nSPS) is 11.5. The van der Waals surface area contributed by atoms with E-state index in [0.717, 1.165) is 4.57 Å². The van der Waals surface area contributed by atoms with Gasteiger partial charge in [-0.15, -0.1) is 11.3 Å². The zero-order valence-corrected chi connectivity index (χ0v) is 11.5. The standard InChI is InChI=1S/C11H10N4O4S/c1-13-8-7(9(18)14(2)11(13)19)15-5(3-6(16)17)4-20-10(15)12-8/h4H,3H2,1-2H3,(H,16,17). The van der Waals surface area contributed by atoms with Crippen molar-refractivity contribution >= 4 is 33.4 Å². The molecular formula is C11H10N4O4S. The molecule has 0 aromatic carbocycles. The van der Waals surface area contributed by atoms with Crippen molar-refractivity contribution in [2.24, 2.45) is 14.1 Å². The maximum absolute atomic E-state index is 12.3. The van der Waals surface area contributed by atoms with Crippen LogP contribution < -0.4 is 11.2 Å². The average Bonchev–Trinajstić information content (AvgIpc) is 2.93. The lowest BCUT2D eigenvalue weighted by molar-refractivity contribution is -0.136. The highest BCUT2D eigenvalue weighted by Crippen LogP contribution is 2.21. The Balaban J connectivity index is 2.55. The fraction of sp³-hybridized carbons (Fsp3) is 0.273. The van der Waals surface area contributed by atoms with Crippen LogP contribution in [0.3, 0.4) is 0 Å². The molecule has 0 spiro atoms. The summed E-state index contributed by atoms with van der Waals surface area (Å²) in [4.78, 5) is 39.7. The van der Waals surface area contributed by atoms with Crippen LogP contribution in [0.4, 0.5) is 0 Å². The molecule has 20 heavy (non-hydrogen) atoms. The van der Waals surface area contributed by atoms with E-state index in [1.165, 1.54) is 34.4 Å². The third-order valence-electron chi connectivity index (χ3n) is 3.15. The first kappa shape index (κ1) is 12.6. The fourth-order valence-electron chi connectivity index (χ4n) is 2.17. The van der Waals surface area contributed by atoms with Gasteiger partial charge in [0.25, 0.3) is 5.56 Å². The van der Waals surface area contributed by atoms with Crippen LogP contribution in [0, 0.1) is 0 Å². The van der Waals surface area contributed by atoms with E-state index in [1.54, 1.807) is 5.38 Å². The Hall–Kier alpha value is -2.42. The summed E-state index contributed by atoms with van der Waals surface area (Å²) in [6, 6.07) is 0. The Bertz CT molecular complexity index is 974. The van der Waals surface area contributed by atoms with Gasteiger partial charge in [0.15, 0.2) is 16.1 Å². The van der Waals surface area contributed by atoms with E-state index >= 15 is 0 Å². The van der Waals surface area contributed by atoms with Gasteiger partial charge in [-0.1, -0.05) is 0 Å². The zero-order chi connectivity index (χ0) is 14.6. The molecule has 0 radical (unpaired) electrons. The van der Waals surface area contributed by atoms with E-state index in [9.17, 15) is 14.4 Å². The summed E-state index contributed by atoms with van der Waals surface area (Å²) in [6.07, 6.45) is -0.211. The van der Waals surface area contributed by atoms with Gasteiger partial charge in [0, 0.05) is 25.2 Å². The first-order valence-electron chi connectivity index (χ1n) is 5.68. The highest BCUT2D eigenvalue weighted by atomic mass is 32.1. The summed E-state index contributed by atoms with van der Waals surface area (Å²) >= 11 is 1.24. The van der Waals surface area contributed by atoms with Crippen LogP contribution in [0.2, 0.25) is 0 Å². The first-order chi connectivity index (χ1) is 9.41. The van der Waals surface area contributed by atoms with Crippen molar-refractivity contribution in [1.82, 2.24) is 18.5 Å². The first-order valence-corrected chi connectivity index (χ1v) is 6.56. The van der Waals surface area contributed by atoms with Gasteiger partial charge < -0.3 is 5.11 Å². The van der Waals surface area contributed by atoms with Crippen molar-refractivity contribution in [2.75, 3.05) is 0 Å². The summed E-state index contributed by atoms with van der Waals surface area (Å²) in [5, 5.41) is 10.6. The Morgan fingerprint density at radius 2 is 2.05 bits per heavy atom. The predicted octanol–water partition coefficient (Wildman–Crippen LogP) is -0.426. The van der Waals surface area contributed by atoms with E-state index < -0.39 is 17.2 Å². The fourth-order valence-corrected chi connectivity index (χ4v) is 3.05. The molecule has 0 aliphatic carbocycles. The quantitative estimate of drug-likeness (QED) is 0.691.